The molecule has 0 aliphatic heterocycles. The summed E-state index contributed by atoms with van der Waals surface area (Å²) in [5.41, 5.74) is 7.98. The van der Waals surface area contributed by atoms with E-state index in [1.54, 1.807) is 36.7 Å². The molecule has 6 nitrogen and oxygen atoms in total. The van der Waals surface area contributed by atoms with Crippen LogP contribution in [0.15, 0.2) is 73.1 Å². The highest BCUT2D eigenvalue weighted by Gasteiger charge is 2.10. The second-order valence-corrected chi connectivity index (χ2v) is 6.93. The molecule has 0 spiro atoms. The Bertz CT molecular complexity index is 1180. The van der Waals surface area contributed by atoms with Gasteiger partial charge in [0.05, 0.1) is 5.52 Å². The average molecular weight is 420 g/mol. The molecule has 4 aromatic rings. The molecule has 0 radical (unpaired) electrons. The number of ether oxygens (including phenoxy) is 2. The molecule has 1 amide bonds. The van der Waals surface area contributed by atoms with E-state index < -0.39 is 5.91 Å². The van der Waals surface area contributed by atoms with Crippen LogP contribution in [0.5, 0.6) is 11.5 Å². The first-order valence-electron chi connectivity index (χ1n) is 9.26. The molecular weight excluding hydrogens is 402 g/mol. The lowest BCUT2D eigenvalue weighted by atomic mass is 10.0. The fraction of sp³-hybridized carbons (Fsp3) is 0.0870. The van der Waals surface area contributed by atoms with Gasteiger partial charge < -0.3 is 15.2 Å². The van der Waals surface area contributed by atoms with Crippen LogP contribution in [-0.2, 0) is 0 Å². The van der Waals surface area contributed by atoms with Gasteiger partial charge in [0, 0.05) is 28.4 Å². The number of hydrogen-bond donors (Lipinski definition) is 1. The zero-order valence-corrected chi connectivity index (χ0v) is 16.7. The fourth-order valence-corrected chi connectivity index (χ4v) is 3.10. The van der Waals surface area contributed by atoms with E-state index in [0.717, 1.165) is 28.0 Å². The number of carbonyl (C=O) groups is 1. The van der Waals surface area contributed by atoms with Gasteiger partial charge in [-0.1, -0.05) is 23.7 Å². The summed E-state index contributed by atoms with van der Waals surface area (Å²) in [6, 6.07) is 18.1. The van der Waals surface area contributed by atoms with Crippen LogP contribution >= 0.6 is 11.6 Å². The van der Waals surface area contributed by atoms with E-state index in [9.17, 15) is 4.79 Å². The van der Waals surface area contributed by atoms with Gasteiger partial charge in [-0.05, 0) is 54.1 Å². The number of benzene rings is 2. The first kappa shape index (κ1) is 19.7. The molecule has 0 fully saturated rings. The Morgan fingerprint density at radius 1 is 0.867 bits per heavy atom. The van der Waals surface area contributed by atoms with E-state index in [0.29, 0.717) is 23.8 Å². The zero-order chi connectivity index (χ0) is 20.9. The van der Waals surface area contributed by atoms with Crippen LogP contribution in [0.1, 0.15) is 10.5 Å². The van der Waals surface area contributed by atoms with Crippen molar-refractivity contribution in [1.29, 1.82) is 0 Å². The predicted molar refractivity (Wildman–Crippen MR) is 116 cm³/mol. The molecule has 2 aromatic heterocycles. The van der Waals surface area contributed by atoms with E-state index >= 15 is 0 Å². The van der Waals surface area contributed by atoms with E-state index in [1.165, 1.54) is 0 Å². The summed E-state index contributed by atoms with van der Waals surface area (Å²) in [5, 5.41) is 1.50. The van der Waals surface area contributed by atoms with E-state index in [2.05, 4.69) is 9.97 Å². The molecule has 4 rings (SSSR count). The van der Waals surface area contributed by atoms with Crippen molar-refractivity contribution in [3.63, 3.8) is 0 Å². The van der Waals surface area contributed by atoms with Crippen LogP contribution in [0.4, 0.5) is 0 Å². The number of hydrogen-bond acceptors (Lipinski definition) is 5. The third-order valence-corrected chi connectivity index (χ3v) is 4.70. The fourth-order valence-electron chi connectivity index (χ4n) is 2.97. The van der Waals surface area contributed by atoms with Crippen molar-refractivity contribution < 1.29 is 14.3 Å². The maximum atomic E-state index is 11.5. The standard InChI is InChI=1S/C23H18ClN3O3/c24-17-4-8-19(9-5-17)30-12-11-29-18-6-1-15(2-7-18)20-14-26-13-16-3-10-21(23(25)28)27-22(16)20/h1-10,13-14H,11-12H2,(H2,25,28). The number of amides is 1. The lowest BCUT2D eigenvalue weighted by Crippen LogP contribution is -2.12. The van der Waals surface area contributed by atoms with Crippen LogP contribution in [0.3, 0.4) is 0 Å². The number of carbonyl (C=O) groups excluding carboxylic acids is 1. The molecule has 30 heavy (non-hydrogen) atoms. The Hall–Kier alpha value is -3.64. The van der Waals surface area contributed by atoms with E-state index in [1.807, 2.05) is 36.4 Å². The summed E-state index contributed by atoms with van der Waals surface area (Å²) in [6.45, 7) is 0.817. The molecule has 0 saturated carbocycles. The molecule has 2 N–H and O–H groups in total. The molecule has 0 atom stereocenters. The molecule has 0 aliphatic rings. The van der Waals surface area contributed by atoms with Crippen LogP contribution < -0.4 is 15.2 Å². The van der Waals surface area contributed by atoms with Crippen LogP contribution in [-0.4, -0.2) is 29.1 Å². The lowest BCUT2D eigenvalue weighted by molar-refractivity contribution is 0.0996. The predicted octanol–water partition coefficient (Wildman–Crippen LogP) is 4.51. The summed E-state index contributed by atoms with van der Waals surface area (Å²) in [6.07, 6.45) is 3.42. The van der Waals surface area contributed by atoms with Crippen molar-refractivity contribution in [1.82, 2.24) is 9.97 Å². The van der Waals surface area contributed by atoms with Crippen LogP contribution in [0.2, 0.25) is 5.02 Å². The molecular formula is C23H18ClN3O3. The Kier molecular flexibility index (Phi) is 5.77. The van der Waals surface area contributed by atoms with Gasteiger partial charge in [-0.2, -0.15) is 0 Å². The largest absolute Gasteiger partial charge is 0.490 e. The topological polar surface area (TPSA) is 87.3 Å². The summed E-state index contributed by atoms with van der Waals surface area (Å²) < 4.78 is 11.4. The Morgan fingerprint density at radius 3 is 2.13 bits per heavy atom. The zero-order valence-electron chi connectivity index (χ0n) is 15.9. The summed E-state index contributed by atoms with van der Waals surface area (Å²) in [7, 11) is 0. The second kappa shape index (κ2) is 8.80. The summed E-state index contributed by atoms with van der Waals surface area (Å²) >= 11 is 5.86. The Morgan fingerprint density at radius 2 is 1.50 bits per heavy atom. The number of pyridine rings is 2. The van der Waals surface area contributed by atoms with Gasteiger partial charge in [-0.25, -0.2) is 4.98 Å². The smallest absolute Gasteiger partial charge is 0.267 e. The maximum absolute atomic E-state index is 11.5. The van der Waals surface area contributed by atoms with Gasteiger partial charge in [-0.3, -0.25) is 9.78 Å². The van der Waals surface area contributed by atoms with Crippen molar-refractivity contribution in [2.75, 3.05) is 13.2 Å². The number of aromatic nitrogens is 2. The monoisotopic (exact) mass is 419 g/mol. The highest BCUT2D eigenvalue weighted by molar-refractivity contribution is 6.30. The van der Waals surface area contributed by atoms with Crippen molar-refractivity contribution in [2.24, 2.45) is 5.73 Å². The van der Waals surface area contributed by atoms with Crippen molar-refractivity contribution in [3.05, 3.63) is 83.8 Å². The third kappa shape index (κ3) is 4.50. The number of primary amides is 1. The second-order valence-electron chi connectivity index (χ2n) is 6.49. The molecule has 0 aliphatic carbocycles. The number of rotatable bonds is 7. The Labute approximate surface area is 178 Å². The average Bonchev–Trinajstić information content (AvgIpc) is 2.77. The van der Waals surface area contributed by atoms with Crippen LogP contribution in [0.25, 0.3) is 22.0 Å². The Balaban J connectivity index is 1.44. The number of halogens is 1. The van der Waals surface area contributed by atoms with Crippen molar-refractivity contribution in [3.8, 4) is 22.6 Å². The van der Waals surface area contributed by atoms with Gasteiger partial charge in [0.2, 0.25) is 0 Å². The highest BCUT2D eigenvalue weighted by atomic mass is 35.5. The lowest BCUT2D eigenvalue weighted by Gasteiger charge is -2.10. The summed E-state index contributed by atoms with van der Waals surface area (Å²) in [4.78, 5) is 20.1. The first-order valence-corrected chi connectivity index (χ1v) is 9.64. The SMILES string of the molecule is NC(=O)c1ccc2cncc(-c3ccc(OCCOc4ccc(Cl)cc4)cc3)c2n1. The molecule has 0 unspecified atom stereocenters. The number of nitrogens with zero attached hydrogens (tertiary/aromatic N) is 2. The number of nitrogens with two attached hydrogens (primary N) is 1. The van der Waals surface area contributed by atoms with Gasteiger partial charge in [-0.15, -0.1) is 0 Å². The summed E-state index contributed by atoms with van der Waals surface area (Å²) in [5.74, 6) is 0.895. The van der Waals surface area contributed by atoms with E-state index in [-0.39, 0.29) is 5.69 Å². The molecule has 0 bridgehead atoms. The van der Waals surface area contributed by atoms with Crippen molar-refractivity contribution >= 4 is 28.4 Å². The third-order valence-electron chi connectivity index (χ3n) is 4.45. The first-order chi connectivity index (χ1) is 14.6. The van der Waals surface area contributed by atoms with Crippen LogP contribution in [0, 0.1) is 0 Å². The minimum Gasteiger partial charge on any atom is -0.490 e. The van der Waals surface area contributed by atoms with E-state index in [4.69, 9.17) is 26.8 Å². The van der Waals surface area contributed by atoms with Gasteiger partial charge in [0.1, 0.15) is 30.4 Å². The number of fused-ring (bicyclic) bond motifs is 1. The molecule has 2 heterocycles. The van der Waals surface area contributed by atoms with Gasteiger partial charge in [0.15, 0.2) is 0 Å². The van der Waals surface area contributed by atoms with Gasteiger partial charge in [0.25, 0.3) is 5.91 Å². The highest BCUT2D eigenvalue weighted by Crippen LogP contribution is 2.28. The minimum absolute atomic E-state index is 0.218. The maximum Gasteiger partial charge on any atom is 0.267 e. The quantitative estimate of drug-likeness (QED) is 0.445. The normalized spacial score (nSPS) is 10.7. The molecule has 0 saturated heterocycles. The molecule has 7 heteroatoms. The molecule has 150 valence electrons. The minimum atomic E-state index is -0.566. The van der Waals surface area contributed by atoms with Gasteiger partial charge >= 0.3 is 0 Å². The van der Waals surface area contributed by atoms with Crippen molar-refractivity contribution in [2.45, 2.75) is 0 Å². The molecule has 2 aromatic carbocycles.